The third-order valence-electron chi connectivity index (χ3n) is 19.8. The number of rotatable bonds is 3. The van der Waals surface area contributed by atoms with Crippen LogP contribution in [0.4, 0.5) is 34.1 Å². The lowest BCUT2D eigenvalue weighted by molar-refractivity contribution is 0.332. The maximum atomic E-state index is 7.82. The molecular weight excluding hydrogens is 896 g/mol. The van der Waals surface area contributed by atoms with Gasteiger partial charge in [-0.3, -0.25) is 0 Å². The molecule has 0 N–H and O–H groups in total. The van der Waals surface area contributed by atoms with E-state index in [4.69, 9.17) is 4.42 Å². The second-order valence-corrected chi connectivity index (χ2v) is 28.5. The number of nitrogens with zero attached hydrogens (tertiary/aromatic N) is 2. The van der Waals surface area contributed by atoms with Gasteiger partial charge in [-0.2, -0.15) is 0 Å². The molecule has 4 heteroatoms. The minimum Gasteiger partial charge on any atom is -0.468 e. The number of furan rings is 1. The molecule has 0 saturated carbocycles. The van der Waals surface area contributed by atoms with Gasteiger partial charge in [0.25, 0.3) is 6.71 Å². The van der Waals surface area contributed by atoms with Crippen molar-refractivity contribution in [3.63, 3.8) is 0 Å². The molecule has 0 spiro atoms. The molecule has 8 aromatic rings. The van der Waals surface area contributed by atoms with E-state index in [2.05, 4.69) is 235 Å². The highest BCUT2D eigenvalue weighted by Crippen LogP contribution is 2.57. The highest BCUT2D eigenvalue weighted by molar-refractivity contribution is 7.00. The van der Waals surface area contributed by atoms with E-state index < -0.39 is 0 Å². The maximum Gasteiger partial charge on any atom is 0.297 e. The molecule has 0 atom stereocenters. The van der Waals surface area contributed by atoms with Crippen molar-refractivity contribution in [1.82, 2.24) is 0 Å². The van der Waals surface area contributed by atoms with Crippen LogP contribution in [-0.2, 0) is 37.9 Å². The van der Waals surface area contributed by atoms with Crippen molar-refractivity contribution in [2.75, 3.05) is 9.80 Å². The second kappa shape index (κ2) is 15.3. The lowest BCUT2D eigenvalue weighted by atomic mass is 9.35. The molecule has 0 radical (unpaired) electrons. The molecular formula is C70H77BN2O. The van der Waals surface area contributed by atoms with Gasteiger partial charge in [0.05, 0.1) is 22.7 Å². The molecule has 1 aromatic heterocycles. The molecule has 0 amide bonds. The predicted octanol–water partition coefficient (Wildman–Crippen LogP) is 17.7. The van der Waals surface area contributed by atoms with E-state index >= 15 is 0 Å². The maximum absolute atomic E-state index is 7.82. The van der Waals surface area contributed by atoms with Crippen LogP contribution in [0.3, 0.4) is 0 Å². The molecule has 0 bridgehead atoms. The number of benzene rings is 7. The van der Waals surface area contributed by atoms with Crippen LogP contribution in [0.2, 0.25) is 0 Å². The largest absolute Gasteiger partial charge is 0.468 e. The normalized spacial score (nSPS) is 20.1. The van der Waals surface area contributed by atoms with Gasteiger partial charge in [0.15, 0.2) is 0 Å². The van der Waals surface area contributed by atoms with Crippen LogP contribution < -0.4 is 26.4 Å². The molecule has 2 aliphatic heterocycles. The van der Waals surface area contributed by atoms with Gasteiger partial charge < -0.3 is 14.2 Å². The fourth-order valence-electron chi connectivity index (χ4n) is 14.6. The van der Waals surface area contributed by atoms with Crippen LogP contribution in [-0.4, -0.2) is 6.71 Å². The van der Waals surface area contributed by atoms with Crippen molar-refractivity contribution in [3.05, 3.63) is 160 Å². The Morgan fingerprint density at radius 1 is 0.432 bits per heavy atom. The number of hydrogen-bond donors (Lipinski definition) is 0. The Hall–Kier alpha value is -6.00. The molecule has 7 aromatic carbocycles. The topological polar surface area (TPSA) is 19.6 Å². The summed E-state index contributed by atoms with van der Waals surface area (Å²) in [5, 5.41) is 3.68. The van der Waals surface area contributed by atoms with Gasteiger partial charge in [0.1, 0.15) is 5.58 Å². The summed E-state index contributed by atoms with van der Waals surface area (Å²) >= 11 is 0. The molecule has 5 aliphatic rings. The average molecular weight is 973 g/mol. The van der Waals surface area contributed by atoms with Crippen molar-refractivity contribution >= 4 is 79.2 Å². The smallest absolute Gasteiger partial charge is 0.297 e. The van der Waals surface area contributed by atoms with E-state index in [0.29, 0.717) is 0 Å². The lowest BCUT2D eigenvalue weighted by Gasteiger charge is -2.48. The third-order valence-corrected chi connectivity index (χ3v) is 19.8. The first-order valence-corrected chi connectivity index (χ1v) is 28.1. The average Bonchev–Trinajstić information content (AvgIpc) is 3.77. The fraction of sp³-hybridized carbons (Fsp3) is 0.400. The van der Waals surface area contributed by atoms with Gasteiger partial charge in [-0.15, -0.1) is 0 Å². The Labute approximate surface area is 442 Å². The van der Waals surface area contributed by atoms with E-state index in [1.54, 1.807) is 0 Å². The van der Waals surface area contributed by atoms with E-state index in [1.165, 1.54) is 111 Å². The molecule has 3 nitrogen and oxygen atoms in total. The van der Waals surface area contributed by atoms with Gasteiger partial charge in [0.2, 0.25) is 0 Å². The van der Waals surface area contributed by atoms with E-state index in [1.807, 2.05) is 0 Å². The zero-order valence-electron chi connectivity index (χ0n) is 47.2. The van der Waals surface area contributed by atoms with Crippen molar-refractivity contribution < 1.29 is 4.42 Å². The first-order valence-electron chi connectivity index (χ1n) is 28.1. The minimum absolute atomic E-state index is 0.00116. The molecule has 0 unspecified atom stereocenters. The van der Waals surface area contributed by atoms with E-state index in [-0.39, 0.29) is 44.6 Å². The molecule has 13 rings (SSSR count). The first-order chi connectivity index (χ1) is 34.8. The standard InChI is InChI=1S/C70H77BN2O/c1-64(2,3)44-34-58-61-59(35-44)73(55-27-21-25-42-24-19-20-26-45(42)55)62-47-37-49-53(70(14,15)33-29-66(49,6)7)41-60(47)74-63(62)71(61)54-38-50-52(69(12,13)32-30-67(50,8)9)40-57(54)72(58)56-39-51-48(65(4,5)28-31-68(51,10)11)36-46(56)43-22-17-16-18-23-43/h16-27,34-41H,28-33H2,1-15H3. The Kier molecular flexibility index (Phi) is 9.88. The zero-order valence-corrected chi connectivity index (χ0v) is 47.2. The molecule has 376 valence electrons. The molecule has 3 aliphatic carbocycles. The van der Waals surface area contributed by atoms with Crippen LogP contribution in [0.1, 0.15) is 181 Å². The van der Waals surface area contributed by atoms with Crippen molar-refractivity contribution in [2.24, 2.45) is 0 Å². The summed E-state index contributed by atoms with van der Waals surface area (Å²) in [6.45, 7) is 36.8. The highest BCUT2D eigenvalue weighted by Gasteiger charge is 2.51. The van der Waals surface area contributed by atoms with Crippen molar-refractivity contribution in [3.8, 4) is 11.1 Å². The monoisotopic (exact) mass is 973 g/mol. The fourth-order valence-corrected chi connectivity index (χ4v) is 14.6. The Morgan fingerprint density at radius 2 is 0.919 bits per heavy atom. The molecule has 3 heterocycles. The Balaban J connectivity index is 1.23. The van der Waals surface area contributed by atoms with Gasteiger partial charge in [0, 0.05) is 33.4 Å². The van der Waals surface area contributed by atoms with Crippen LogP contribution in [0.5, 0.6) is 0 Å². The van der Waals surface area contributed by atoms with E-state index in [0.717, 1.165) is 49.8 Å². The van der Waals surface area contributed by atoms with Gasteiger partial charge >= 0.3 is 0 Å². The van der Waals surface area contributed by atoms with Crippen LogP contribution in [0.15, 0.2) is 126 Å². The van der Waals surface area contributed by atoms with Crippen LogP contribution in [0.25, 0.3) is 32.9 Å². The molecule has 0 fully saturated rings. The summed E-state index contributed by atoms with van der Waals surface area (Å²) in [6.07, 6.45) is 6.90. The number of hydrogen-bond acceptors (Lipinski definition) is 3. The van der Waals surface area contributed by atoms with Crippen molar-refractivity contribution in [2.45, 2.75) is 180 Å². The SMILES string of the molecule is CC(C)(C)c1cc2c3c(c1)N(c1cccc4ccccc14)c1c(oc4cc5c(cc14)C(C)(C)CCC5(C)C)B3c1cc3c(cc1N2c1cc2c(cc1-c1ccccc1)C(C)(C)CCC2(C)C)C(C)(C)CCC3(C)C. The van der Waals surface area contributed by atoms with Gasteiger partial charge in [-0.1, -0.05) is 177 Å². The quantitative estimate of drug-likeness (QED) is 0.165. The Morgan fingerprint density at radius 3 is 1.51 bits per heavy atom. The lowest BCUT2D eigenvalue weighted by Crippen LogP contribution is -2.61. The predicted molar refractivity (Wildman–Crippen MR) is 318 cm³/mol. The van der Waals surface area contributed by atoms with E-state index in [9.17, 15) is 0 Å². The van der Waals surface area contributed by atoms with Crippen LogP contribution in [0, 0.1) is 0 Å². The van der Waals surface area contributed by atoms with Gasteiger partial charge in [-0.05, 0) is 186 Å². The third kappa shape index (κ3) is 6.84. The highest BCUT2D eigenvalue weighted by atomic mass is 16.3. The second-order valence-electron chi connectivity index (χ2n) is 28.5. The Bertz CT molecular complexity index is 3680. The summed E-state index contributed by atoms with van der Waals surface area (Å²) in [6, 6.07) is 48.0. The first kappa shape index (κ1) is 47.7. The summed E-state index contributed by atoms with van der Waals surface area (Å²) in [5.74, 6) is 0. The van der Waals surface area contributed by atoms with Crippen molar-refractivity contribution in [1.29, 1.82) is 0 Å². The van der Waals surface area contributed by atoms with Crippen LogP contribution >= 0.6 is 0 Å². The number of anilines is 6. The van der Waals surface area contributed by atoms with Gasteiger partial charge in [-0.25, -0.2) is 0 Å². The minimum atomic E-state index is -0.170. The molecule has 74 heavy (non-hydrogen) atoms. The molecule has 0 saturated heterocycles. The summed E-state index contributed by atoms with van der Waals surface area (Å²) in [4.78, 5) is 5.42. The summed E-state index contributed by atoms with van der Waals surface area (Å²) < 4.78 is 7.82. The zero-order chi connectivity index (χ0) is 52.0. The number of fused-ring (bicyclic) bond motifs is 10. The summed E-state index contributed by atoms with van der Waals surface area (Å²) in [5.41, 5.74) is 24.7. The summed E-state index contributed by atoms with van der Waals surface area (Å²) in [7, 11) is 0.